The second kappa shape index (κ2) is 4.47. The van der Waals surface area contributed by atoms with Gasteiger partial charge in [-0.05, 0) is 42.5 Å². The van der Waals surface area contributed by atoms with Gasteiger partial charge < -0.3 is 4.90 Å². The van der Waals surface area contributed by atoms with Crippen LogP contribution in [-0.2, 0) is 0 Å². The number of nitrogens with zero attached hydrogens (tertiary/aromatic N) is 1. The van der Waals surface area contributed by atoms with Crippen molar-refractivity contribution >= 4 is 23.4 Å². The number of fused-ring (bicyclic) bond motifs is 1. The van der Waals surface area contributed by atoms with E-state index in [1.54, 1.807) is 0 Å². The topological polar surface area (TPSA) is 3.24 Å². The molecule has 1 aliphatic heterocycles. The second-order valence-corrected chi connectivity index (χ2v) is 5.74. The van der Waals surface area contributed by atoms with E-state index in [0.29, 0.717) is 6.04 Å². The summed E-state index contributed by atoms with van der Waals surface area (Å²) in [4.78, 5) is 2.32. The predicted octanol–water partition coefficient (Wildman–Crippen LogP) is 4.79. The molecule has 0 aromatic heterocycles. The third kappa shape index (κ3) is 1.87. The lowest BCUT2D eigenvalue weighted by Gasteiger charge is -2.44. The molecule has 94 valence electrons. The summed E-state index contributed by atoms with van der Waals surface area (Å²) in [5, 5.41) is 0.783. The summed E-state index contributed by atoms with van der Waals surface area (Å²) in [6.45, 7) is 6.52. The Morgan fingerprint density at radius 3 is 2.89 bits per heavy atom. The molecule has 3 rings (SSSR count). The Morgan fingerprint density at radius 1 is 1.39 bits per heavy atom. The minimum absolute atomic E-state index is 0.630. The van der Waals surface area contributed by atoms with Gasteiger partial charge >= 0.3 is 0 Å². The monoisotopic (exact) mass is 259 g/mol. The molecule has 0 amide bonds. The van der Waals surface area contributed by atoms with Crippen molar-refractivity contribution in [1.82, 2.24) is 4.90 Å². The standard InChI is InChI=1S/C16H18ClN/c1-3-12-8-15(9-12)18-7-6-13-4-5-14(17)10-16(13)11(18)2/h4-7,10,12,15H,2-3,8-9H2,1H3. The normalized spacial score (nSPS) is 25.9. The number of hydrogen-bond donors (Lipinski definition) is 0. The summed E-state index contributed by atoms with van der Waals surface area (Å²) >= 11 is 6.08. The van der Waals surface area contributed by atoms with Gasteiger partial charge in [0.1, 0.15) is 0 Å². The van der Waals surface area contributed by atoms with Gasteiger partial charge in [0, 0.05) is 28.5 Å². The average molecular weight is 260 g/mol. The molecule has 1 aromatic carbocycles. The van der Waals surface area contributed by atoms with Gasteiger partial charge in [0.15, 0.2) is 0 Å². The van der Waals surface area contributed by atoms with Crippen molar-refractivity contribution in [2.75, 3.05) is 0 Å². The van der Waals surface area contributed by atoms with E-state index in [9.17, 15) is 0 Å². The molecule has 0 atom stereocenters. The van der Waals surface area contributed by atoms with Crippen LogP contribution in [0.1, 0.15) is 37.3 Å². The highest BCUT2D eigenvalue weighted by molar-refractivity contribution is 6.30. The molecule has 1 aromatic rings. The Labute approximate surface area is 114 Å². The first-order chi connectivity index (χ1) is 8.69. The molecule has 1 fully saturated rings. The highest BCUT2D eigenvalue weighted by Gasteiger charge is 2.33. The Balaban J connectivity index is 1.84. The largest absolute Gasteiger partial charge is 0.345 e. The molecule has 2 heteroatoms. The highest BCUT2D eigenvalue weighted by atomic mass is 35.5. The number of halogens is 1. The summed E-state index contributed by atoms with van der Waals surface area (Å²) < 4.78 is 0. The van der Waals surface area contributed by atoms with Crippen LogP contribution in [0.3, 0.4) is 0 Å². The number of hydrogen-bond acceptors (Lipinski definition) is 1. The van der Waals surface area contributed by atoms with E-state index in [4.69, 9.17) is 11.6 Å². The first kappa shape index (κ1) is 11.9. The average Bonchev–Trinajstić information content (AvgIpc) is 2.31. The van der Waals surface area contributed by atoms with Gasteiger partial charge in [-0.3, -0.25) is 0 Å². The second-order valence-electron chi connectivity index (χ2n) is 5.30. The third-order valence-electron chi connectivity index (χ3n) is 4.23. The van der Waals surface area contributed by atoms with Gasteiger partial charge in [0.05, 0.1) is 0 Å². The van der Waals surface area contributed by atoms with Crippen LogP contribution in [0.25, 0.3) is 11.8 Å². The Morgan fingerprint density at radius 2 is 2.17 bits per heavy atom. The molecule has 2 aliphatic rings. The maximum absolute atomic E-state index is 6.08. The number of rotatable bonds is 2. The summed E-state index contributed by atoms with van der Waals surface area (Å²) in [7, 11) is 0. The molecule has 0 radical (unpaired) electrons. The number of benzene rings is 1. The maximum atomic E-state index is 6.08. The molecule has 18 heavy (non-hydrogen) atoms. The van der Waals surface area contributed by atoms with Crippen molar-refractivity contribution in [3.05, 3.63) is 47.1 Å². The fourth-order valence-electron chi connectivity index (χ4n) is 2.92. The van der Waals surface area contributed by atoms with Crippen LogP contribution in [-0.4, -0.2) is 10.9 Å². The van der Waals surface area contributed by atoms with Crippen molar-refractivity contribution < 1.29 is 0 Å². The van der Waals surface area contributed by atoms with E-state index in [1.165, 1.54) is 30.4 Å². The van der Waals surface area contributed by atoms with E-state index in [0.717, 1.165) is 16.6 Å². The van der Waals surface area contributed by atoms with Crippen LogP contribution >= 0.6 is 11.6 Å². The predicted molar refractivity (Wildman–Crippen MR) is 78.2 cm³/mol. The quantitative estimate of drug-likeness (QED) is 0.738. The summed E-state index contributed by atoms with van der Waals surface area (Å²) in [5.74, 6) is 0.900. The molecule has 1 aliphatic carbocycles. The lowest BCUT2D eigenvalue weighted by molar-refractivity contribution is 0.159. The zero-order valence-corrected chi connectivity index (χ0v) is 11.5. The van der Waals surface area contributed by atoms with E-state index >= 15 is 0 Å². The molecule has 0 N–H and O–H groups in total. The molecule has 1 saturated carbocycles. The lowest BCUT2D eigenvalue weighted by atomic mass is 9.77. The van der Waals surface area contributed by atoms with Gasteiger partial charge in [-0.25, -0.2) is 0 Å². The summed E-state index contributed by atoms with van der Waals surface area (Å²) in [5.41, 5.74) is 3.48. The molecule has 0 bridgehead atoms. The van der Waals surface area contributed by atoms with Gasteiger partial charge in [-0.1, -0.05) is 37.6 Å². The van der Waals surface area contributed by atoms with E-state index in [-0.39, 0.29) is 0 Å². The maximum Gasteiger partial charge on any atom is 0.0415 e. The van der Waals surface area contributed by atoms with Gasteiger partial charge in [-0.2, -0.15) is 0 Å². The molecular formula is C16H18ClN. The fourth-order valence-corrected chi connectivity index (χ4v) is 3.09. The minimum atomic E-state index is 0.630. The van der Waals surface area contributed by atoms with Crippen LogP contribution in [0, 0.1) is 5.92 Å². The molecule has 0 unspecified atom stereocenters. The minimum Gasteiger partial charge on any atom is -0.345 e. The van der Waals surface area contributed by atoms with Crippen LogP contribution in [0.2, 0.25) is 5.02 Å². The first-order valence-electron chi connectivity index (χ1n) is 6.64. The van der Waals surface area contributed by atoms with E-state index in [1.807, 2.05) is 12.1 Å². The summed E-state index contributed by atoms with van der Waals surface area (Å²) in [6.07, 6.45) is 8.21. The zero-order valence-electron chi connectivity index (χ0n) is 10.7. The van der Waals surface area contributed by atoms with Gasteiger partial charge in [0.25, 0.3) is 0 Å². The molecule has 1 nitrogen and oxygen atoms in total. The van der Waals surface area contributed by atoms with Crippen molar-refractivity contribution in [3.8, 4) is 0 Å². The fraction of sp³-hybridized carbons (Fsp3) is 0.375. The van der Waals surface area contributed by atoms with Gasteiger partial charge in [-0.15, -0.1) is 0 Å². The van der Waals surface area contributed by atoms with Crippen LogP contribution in [0.5, 0.6) is 0 Å². The van der Waals surface area contributed by atoms with Crippen molar-refractivity contribution in [3.63, 3.8) is 0 Å². The molecule has 0 spiro atoms. The molecular weight excluding hydrogens is 242 g/mol. The van der Waals surface area contributed by atoms with Crippen LogP contribution in [0.4, 0.5) is 0 Å². The van der Waals surface area contributed by atoms with Crippen LogP contribution < -0.4 is 0 Å². The van der Waals surface area contributed by atoms with Crippen LogP contribution in [0.15, 0.2) is 31.0 Å². The SMILES string of the molecule is C=C1c2cc(Cl)ccc2C=CN1C1CC(CC)C1. The highest BCUT2D eigenvalue weighted by Crippen LogP contribution is 2.40. The van der Waals surface area contributed by atoms with Crippen molar-refractivity contribution in [1.29, 1.82) is 0 Å². The molecule has 1 heterocycles. The Bertz CT molecular complexity index is 512. The lowest BCUT2D eigenvalue weighted by Crippen LogP contribution is -2.41. The van der Waals surface area contributed by atoms with Crippen molar-refractivity contribution in [2.45, 2.75) is 32.2 Å². The Hall–Kier alpha value is -1.21. The van der Waals surface area contributed by atoms with E-state index < -0.39 is 0 Å². The van der Waals surface area contributed by atoms with Gasteiger partial charge in [0.2, 0.25) is 0 Å². The zero-order chi connectivity index (χ0) is 12.7. The first-order valence-corrected chi connectivity index (χ1v) is 7.02. The Kier molecular flexibility index (Phi) is 2.95. The summed E-state index contributed by atoms with van der Waals surface area (Å²) in [6, 6.07) is 6.65. The molecule has 0 saturated heterocycles. The third-order valence-corrected chi connectivity index (χ3v) is 4.47. The smallest absolute Gasteiger partial charge is 0.0415 e. The van der Waals surface area contributed by atoms with Crippen molar-refractivity contribution in [2.24, 2.45) is 5.92 Å². The van der Waals surface area contributed by atoms with E-state index in [2.05, 4.69) is 36.7 Å².